The molecule has 0 saturated heterocycles. The van der Waals surface area contributed by atoms with Gasteiger partial charge < -0.3 is 14.2 Å². The van der Waals surface area contributed by atoms with Crippen molar-refractivity contribution in [3.8, 4) is 0 Å². The summed E-state index contributed by atoms with van der Waals surface area (Å²) >= 11 is 0. The summed E-state index contributed by atoms with van der Waals surface area (Å²) in [5.41, 5.74) is 0. The normalized spacial score (nSPS) is 7.64. The molecule has 0 unspecified atom stereocenters. The van der Waals surface area contributed by atoms with Gasteiger partial charge in [0, 0.05) is 27.4 Å². The molecule has 0 radical (unpaired) electrons. The molecule has 0 spiro atoms. The summed E-state index contributed by atoms with van der Waals surface area (Å²) in [5.74, 6) is 0. The molecule has 0 aliphatic heterocycles. The topological polar surface area (TPSA) is 27.7 Å². The third-order valence-electron chi connectivity index (χ3n) is 0.644. The minimum Gasteiger partial charge on any atom is -0.382 e. The van der Waals surface area contributed by atoms with E-state index in [1.54, 1.807) is 14.2 Å². The number of ether oxygens (including phenoxy) is 3. The Morgan fingerprint density at radius 3 is 1.27 bits per heavy atom. The average Bonchev–Trinajstić information content (AvgIpc) is 1.93. The molecule has 3 heteroatoms. The summed E-state index contributed by atoms with van der Waals surface area (Å²) in [6, 6.07) is 0. The van der Waals surface area contributed by atoms with Crippen LogP contribution in [-0.4, -0.2) is 34.2 Å². The van der Waals surface area contributed by atoms with E-state index < -0.39 is 0 Å². The van der Waals surface area contributed by atoms with E-state index >= 15 is 0 Å². The molecular weight excluding hydrogens is 144 g/mol. The van der Waals surface area contributed by atoms with Crippen LogP contribution in [0, 0.1) is 0 Å². The van der Waals surface area contributed by atoms with Gasteiger partial charge >= 0.3 is 0 Å². The van der Waals surface area contributed by atoms with E-state index in [9.17, 15) is 0 Å². The largest absolute Gasteiger partial charge is 0.382 e. The fourth-order valence-corrected chi connectivity index (χ4v) is 0.322. The van der Waals surface area contributed by atoms with Gasteiger partial charge in [-0.3, -0.25) is 0 Å². The Balaban J connectivity index is -0.000000107. The van der Waals surface area contributed by atoms with Crippen LogP contribution in [0.4, 0.5) is 0 Å². The maximum absolute atomic E-state index is 4.83. The van der Waals surface area contributed by atoms with E-state index in [0.29, 0.717) is 6.79 Å². The smallest absolute Gasteiger partial charge is 0.145 e. The van der Waals surface area contributed by atoms with E-state index in [4.69, 9.17) is 4.74 Å². The number of rotatable bonds is 4. The monoisotopic (exact) mass is 166 g/mol. The molecule has 0 aliphatic carbocycles. The lowest BCUT2D eigenvalue weighted by Crippen LogP contribution is -1.87. The van der Waals surface area contributed by atoms with Crippen molar-refractivity contribution in [1.29, 1.82) is 0 Å². The van der Waals surface area contributed by atoms with Gasteiger partial charge in [-0.2, -0.15) is 0 Å². The van der Waals surface area contributed by atoms with Gasteiger partial charge in [0.05, 0.1) is 0 Å². The van der Waals surface area contributed by atoms with Gasteiger partial charge in [-0.1, -0.05) is 7.43 Å². The zero-order chi connectivity index (χ0) is 8.24. The first-order chi connectivity index (χ1) is 4.83. The summed E-state index contributed by atoms with van der Waals surface area (Å²) in [6.07, 6.45) is 0. The first-order valence-electron chi connectivity index (χ1n) is 3.39. The van der Waals surface area contributed by atoms with Crippen molar-refractivity contribution in [2.24, 2.45) is 0 Å². The number of hydrogen-bond acceptors (Lipinski definition) is 3. The van der Waals surface area contributed by atoms with Crippen LogP contribution in [0.15, 0.2) is 0 Å². The van der Waals surface area contributed by atoms with Crippen molar-refractivity contribution >= 4 is 0 Å². The van der Waals surface area contributed by atoms with Gasteiger partial charge in [-0.05, 0) is 13.8 Å². The van der Waals surface area contributed by atoms with Gasteiger partial charge in [0.1, 0.15) is 6.79 Å². The summed E-state index contributed by atoms with van der Waals surface area (Å²) in [5, 5.41) is 0. The van der Waals surface area contributed by atoms with E-state index in [1.165, 1.54) is 0 Å². The Morgan fingerprint density at radius 1 is 0.909 bits per heavy atom. The average molecular weight is 166 g/mol. The van der Waals surface area contributed by atoms with Crippen molar-refractivity contribution in [1.82, 2.24) is 0 Å². The molecule has 0 aromatic heterocycles. The Labute approximate surface area is 70.6 Å². The fraction of sp³-hybridized carbons (Fsp3) is 1.00. The maximum Gasteiger partial charge on any atom is 0.145 e. The second-order valence-corrected chi connectivity index (χ2v) is 1.48. The summed E-state index contributed by atoms with van der Waals surface area (Å²) in [6.45, 7) is 6.06. The van der Waals surface area contributed by atoms with Crippen molar-refractivity contribution in [3.63, 3.8) is 0 Å². The van der Waals surface area contributed by atoms with Crippen LogP contribution in [0.5, 0.6) is 0 Å². The molecule has 0 saturated carbocycles. The second kappa shape index (κ2) is 22.5. The van der Waals surface area contributed by atoms with Gasteiger partial charge in [0.25, 0.3) is 0 Å². The molecule has 0 fully saturated rings. The van der Waals surface area contributed by atoms with Crippen LogP contribution in [0.25, 0.3) is 0 Å². The van der Waals surface area contributed by atoms with E-state index in [0.717, 1.165) is 13.2 Å². The van der Waals surface area contributed by atoms with Crippen LogP contribution in [-0.2, 0) is 14.2 Å². The molecule has 3 nitrogen and oxygen atoms in total. The van der Waals surface area contributed by atoms with Gasteiger partial charge in [0.2, 0.25) is 0 Å². The van der Waals surface area contributed by atoms with Gasteiger partial charge in [0.15, 0.2) is 0 Å². The summed E-state index contributed by atoms with van der Waals surface area (Å²) in [4.78, 5) is 0. The Hall–Kier alpha value is -0.120. The van der Waals surface area contributed by atoms with E-state index in [-0.39, 0.29) is 7.43 Å². The highest BCUT2D eigenvalue weighted by molar-refractivity contribution is 4.07. The molecule has 0 bridgehead atoms. The lowest BCUT2D eigenvalue weighted by Gasteiger charge is -1.87. The zero-order valence-corrected chi connectivity index (χ0v) is 7.35. The molecule has 0 rings (SSSR count). The van der Waals surface area contributed by atoms with Crippen LogP contribution in [0.1, 0.15) is 21.3 Å². The molecule has 0 heterocycles. The Morgan fingerprint density at radius 2 is 1.27 bits per heavy atom. The molecule has 0 amide bonds. The number of hydrogen-bond donors (Lipinski definition) is 0. The molecule has 11 heavy (non-hydrogen) atoms. The molecule has 0 N–H and O–H groups in total. The minimum absolute atomic E-state index is 0. The molecule has 0 atom stereocenters. The highest BCUT2D eigenvalue weighted by Gasteiger charge is 1.64. The number of methoxy groups -OCH3 is 2. The minimum atomic E-state index is 0. The standard InChI is InChI=1S/C4H10O.C3H8O2.CH4/c1-3-5-4-2;1-4-3-5-2;/h3-4H2,1-2H3;3H2,1-2H3;1H4. The summed E-state index contributed by atoms with van der Waals surface area (Å²) < 4.78 is 13.8. The molecule has 0 aromatic rings. The van der Waals surface area contributed by atoms with Crippen molar-refractivity contribution in [2.45, 2.75) is 21.3 Å². The van der Waals surface area contributed by atoms with Crippen molar-refractivity contribution < 1.29 is 14.2 Å². The maximum atomic E-state index is 4.83. The van der Waals surface area contributed by atoms with Crippen LogP contribution >= 0.6 is 0 Å². The fourth-order valence-electron chi connectivity index (χ4n) is 0.322. The van der Waals surface area contributed by atoms with Crippen LogP contribution in [0.3, 0.4) is 0 Å². The predicted molar refractivity (Wildman–Crippen MR) is 47.8 cm³/mol. The Bertz CT molecular complexity index is 30.3. The lowest BCUT2D eigenvalue weighted by atomic mass is 10.8. The van der Waals surface area contributed by atoms with E-state index in [1.807, 2.05) is 13.8 Å². The Kier molecular flexibility index (Phi) is 35.0. The third-order valence-corrected chi connectivity index (χ3v) is 0.644. The van der Waals surface area contributed by atoms with Crippen LogP contribution in [0.2, 0.25) is 0 Å². The van der Waals surface area contributed by atoms with E-state index in [2.05, 4.69) is 9.47 Å². The lowest BCUT2D eigenvalue weighted by molar-refractivity contribution is -0.00271. The second-order valence-electron chi connectivity index (χ2n) is 1.48. The van der Waals surface area contributed by atoms with Gasteiger partial charge in [-0.15, -0.1) is 0 Å². The van der Waals surface area contributed by atoms with Crippen molar-refractivity contribution in [3.05, 3.63) is 0 Å². The van der Waals surface area contributed by atoms with Crippen LogP contribution < -0.4 is 0 Å². The first-order valence-corrected chi connectivity index (χ1v) is 3.39. The highest BCUT2D eigenvalue weighted by atomic mass is 16.6. The van der Waals surface area contributed by atoms with Gasteiger partial charge in [-0.25, -0.2) is 0 Å². The summed E-state index contributed by atoms with van der Waals surface area (Å²) in [7, 11) is 3.17. The third kappa shape index (κ3) is 40.8. The predicted octanol–water partition coefficient (Wildman–Crippen LogP) is 1.92. The SMILES string of the molecule is C.CCOCC.COCOC. The zero-order valence-electron chi connectivity index (χ0n) is 7.35. The van der Waals surface area contributed by atoms with Crippen molar-refractivity contribution in [2.75, 3.05) is 34.2 Å². The molecule has 0 aromatic carbocycles. The first kappa shape index (κ1) is 17.1. The molecular formula is C8H22O3. The molecule has 0 aliphatic rings. The quantitative estimate of drug-likeness (QED) is 0.597. The molecule has 72 valence electrons. The highest BCUT2D eigenvalue weighted by Crippen LogP contribution is 1.64.